The quantitative estimate of drug-likeness (QED) is 0.413. The van der Waals surface area contributed by atoms with Gasteiger partial charge in [-0.15, -0.1) is 11.3 Å². The van der Waals surface area contributed by atoms with Crippen molar-refractivity contribution in [1.29, 1.82) is 0 Å². The largest absolute Gasteiger partial charge is 0.343 e. The molecule has 5 heteroatoms. The van der Waals surface area contributed by atoms with E-state index in [2.05, 4.69) is 4.98 Å². The number of aldehydes is 1. The SMILES string of the molecule is Cc1ncsc1CCn1cc2ccccc2c1C(=O)C=O. The van der Waals surface area contributed by atoms with Crippen LogP contribution in [0.1, 0.15) is 21.1 Å². The van der Waals surface area contributed by atoms with Crippen LogP contribution in [0.3, 0.4) is 0 Å². The topological polar surface area (TPSA) is 52.0 Å². The zero-order valence-electron chi connectivity index (χ0n) is 11.6. The second-order valence-electron chi connectivity index (χ2n) is 4.85. The summed E-state index contributed by atoms with van der Waals surface area (Å²) in [5, 5.41) is 1.80. The summed E-state index contributed by atoms with van der Waals surface area (Å²) in [6, 6.07) is 7.63. The molecule has 1 aromatic carbocycles. The molecule has 21 heavy (non-hydrogen) atoms. The molecule has 0 radical (unpaired) electrons. The minimum Gasteiger partial charge on any atom is -0.343 e. The standard InChI is InChI=1S/C16H14N2O2S/c1-11-15(21-10-17-11)6-7-18-8-12-4-2-3-5-13(12)16(18)14(20)9-19/h2-5,8-10H,6-7H2,1H3. The second kappa shape index (κ2) is 5.61. The molecule has 3 rings (SSSR count). The predicted octanol–water partition coefficient (Wildman–Crippen LogP) is 3.03. The molecule has 0 amide bonds. The number of aryl methyl sites for hydroxylation is 3. The first-order valence-corrected chi connectivity index (χ1v) is 7.55. The molecule has 0 saturated carbocycles. The van der Waals surface area contributed by atoms with Crippen molar-refractivity contribution >= 4 is 34.2 Å². The fraction of sp³-hybridized carbons (Fsp3) is 0.188. The Balaban J connectivity index is 1.99. The van der Waals surface area contributed by atoms with Gasteiger partial charge in [0.25, 0.3) is 0 Å². The molecule has 0 unspecified atom stereocenters. The Hall–Kier alpha value is -2.27. The summed E-state index contributed by atoms with van der Waals surface area (Å²) in [4.78, 5) is 28.3. The van der Waals surface area contributed by atoms with Crippen LogP contribution in [-0.4, -0.2) is 21.6 Å². The van der Waals surface area contributed by atoms with Gasteiger partial charge in [0.2, 0.25) is 5.78 Å². The molecular formula is C16H14N2O2S. The van der Waals surface area contributed by atoms with Gasteiger partial charge in [0.05, 0.1) is 11.2 Å². The number of carbonyl (C=O) groups is 2. The normalized spacial score (nSPS) is 10.9. The molecule has 0 saturated heterocycles. The predicted molar refractivity (Wildman–Crippen MR) is 82.9 cm³/mol. The van der Waals surface area contributed by atoms with Crippen LogP contribution in [0.4, 0.5) is 0 Å². The third-order valence-electron chi connectivity index (χ3n) is 3.56. The van der Waals surface area contributed by atoms with Gasteiger partial charge in [-0.25, -0.2) is 4.98 Å². The van der Waals surface area contributed by atoms with Crippen LogP contribution in [0.5, 0.6) is 0 Å². The number of Topliss-reactive ketones (excluding diaryl/α,β-unsaturated/α-hetero) is 1. The van der Waals surface area contributed by atoms with Gasteiger partial charge >= 0.3 is 0 Å². The Bertz CT molecular complexity index is 817. The number of fused-ring (bicyclic) bond motifs is 1. The van der Waals surface area contributed by atoms with Crippen LogP contribution in [0.2, 0.25) is 0 Å². The van der Waals surface area contributed by atoms with Crippen LogP contribution in [0.15, 0.2) is 36.0 Å². The smallest absolute Gasteiger partial charge is 0.242 e. The number of aromatic nitrogens is 2. The van der Waals surface area contributed by atoms with Gasteiger partial charge in [0.1, 0.15) is 5.69 Å². The van der Waals surface area contributed by atoms with Crippen molar-refractivity contribution in [2.24, 2.45) is 0 Å². The van der Waals surface area contributed by atoms with Gasteiger partial charge in [0, 0.05) is 34.8 Å². The lowest BCUT2D eigenvalue weighted by atomic mass is 10.1. The van der Waals surface area contributed by atoms with Crippen LogP contribution in [-0.2, 0) is 17.8 Å². The summed E-state index contributed by atoms with van der Waals surface area (Å²) < 4.78 is 1.88. The van der Waals surface area contributed by atoms with E-state index >= 15 is 0 Å². The number of rotatable bonds is 5. The van der Waals surface area contributed by atoms with E-state index in [0.717, 1.165) is 22.9 Å². The first kappa shape index (κ1) is 13.7. The van der Waals surface area contributed by atoms with Crippen molar-refractivity contribution < 1.29 is 9.59 Å². The average molecular weight is 298 g/mol. The molecular weight excluding hydrogens is 284 g/mol. The van der Waals surface area contributed by atoms with Gasteiger partial charge in [0.15, 0.2) is 6.29 Å². The number of nitrogens with zero attached hydrogens (tertiary/aromatic N) is 2. The summed E-state index contributed by atoms with van der Waals surface area (Å²) in [7, 11) is 0. The summed E-state index contributed by atoms with van der Waals surface area (Å²) in [5.74, 6) is -0.475. The van der Waals surface area contributed by atoms with E-state index in [1.165, 1.54) is 4.88 Å². The van der Waals surface area contributed by atoms with Gasteiger partial charge < -0.3 is 4.57 Å². The van der Waals surface area contributed by atoms with Crippen molar-refractivity contribution in [3.05, 3.63) is 52.2 Å². The van der Waals surface area contributed by atoms with Crippen LogP contribution < -0.4 is 0 Å². The molecule has 0 N–H and O–H groups in total. The van der Waals surface area contributed by atoms with Crippen molar-refractivity contribution in [1.82, 2.24) is 9.55 Å². The summed E-state index contributed by atoms with van der Waals surface area (Å²) in [5.41, 5.74) is 3.33. The first-order valence-electron chi connectivity index (χ1n) is 6.67. The van der Waals surface area contributed by atoms with E-state index in [1.807, 2.05) is 47.5 Å². The third-order valence-corrected chi connectivity index (χ3v) is 4.56. The monoisotopic (exact) mass is 298 g/mol. The van der Waals surface area contributed by atoms with Crippen molar-refractivity contribution in [2.45, 2.75) is 19.9 Å². The fourth-order valence-electron chi connectivity index (χ4n) is 2.51. The minimum absolute atomic E-state index is 0.385. The molecule has 0 aliphatic rings. The molecule has 2 aromatic heterocycles. The van der Waals surface area contributed by atoms with E-state index in [-0.39, 0.29) is 0 Å². The molecule has 0 bridgehead atoms. The lowest BCUT2D eigenvalue weighted by molar-refractivity contribution is -0.104. The number of carbonyl (C=O) groups excluding carboxylic acids is 2. The number of hydrogen-bond donors (Lipinski definition) is 0. The summed E-state index contributed by atoms with van der Waals surface area (Å²) in [6.45, 7) is 2.64. The van der Waals surface area contributed by atoms with Crippen molar-refractivity contribution in [3.8, 4) is 0 Å². The molecule has 4 nitrogen and oxygen atoms in total. The maximum atomic E-state index is 11.9. The summed E-state index contributed by atoms with van der Waals surface area (Å²) in [6.07, 6.45) is 3.12. The highest BCUT2D eigenvalue weighted by molar-refractivity contribution is 7.09. The fourth-order valence-corrected chi connectivity index (χ4v) is 3.28. The zero-order chi connectivity index (χ0) is 14.8. The van der Waals surface area contributed by atoms with E-state index in [9.17, 15) is 9.59 Å². The number of benzene rings is 1. The lowest BCUT2D eigenvalue weighted by Crippen LogP contribution is -2.11. The highest BCUT2D eigenvalue weighted by Gasteiger charge is 2.16. The van der Waals surface area contributed by atoms with E-state index < -0.39 is 5.78 Å². The Morgan fingerprint density at radius 3 is 2.90 bits per heavy atom. The van der Waals surface area contributed by atoms with Gasteiger partial charge in [-0.2, -0.15) is 0 Å². The number of ketones is 1. The molecule has 3 aromatic rings. The van der Waals surface area contributed by atoms with Gasteiger partial charge in [-0.3, -0.25) is 9.59 Å². The maximum Gasteiger partial charge on any atom is 0.242 e. The minimum atomic E-state index is -0.475. The third kappa shape index (κ3) is 2.52. The van der Waals surface area contributed by atoms with Crippen LogP contribution >= 0.6 is 11.3 Å². The lowest BCUT2D eigenvalue weighted by Gasteiger charge is -2.06. The maximum absolute atomic E-state index is 11.9. The number of hydrogen-bond acceptors (Lipinski definition) is 4. The molecule has 0 spiro atoms. The van der Waals surface area contributed by atoms with Gasteiger partial charge in [-0.05, 0) is 6.92 Å². The molecule has 0 fully saturated rings. The van der Waals surface area contributed by atoms with Crippen LogP contribution in [0, 0.1) is 6.92 Å². The first-order chi connectivity index (χ1) is 10.2. The molecule has 0 aliphatic heterocycles. The van der Waals surface area contributed by atoms with E-state index in [0.29, 0.717) is 18.5 Å². The Labute approximate surface area is 126 Å². The highest BCUT2D eigenvalue weighted by Crippen LogP contribution is 2.22. The van der Waals surface area contributed by atoms with Gasteiger partial charge in [-0.1, -0.05) is 24.3 Å². The molecule has 2 heterocycles. The molecule has 106 valence electrons. The molecule has 0 atom stereocenters. The van der Waals surface area contributed by atoms with Crippen molar-refractivity contribution in [2.75, 3.05) is 0 Å². The molecule has 0 aliphatic carbocycles. The second-order valence-corrected chi connectivity index (χ2v) is 5.79. The zero-order valence-corrected chi connectivity index (χ0v) is 12.4. The Morgan fingerprint density at radius 2 is 2.19 bits per heavy atom. The Morgan fingerprint density at radius 1 is 1.38 bits per heavy atom. The Kier molecular flexibility index (Phi) is 3.66. The van der Waals surface area contributed by atoms with Crippen LogP contribution in [0.25, 0.3) is 10.8 Å². The van der Waals surface area contributed by atoms with E-state index in [1.54, 1.807) is 11.3 Å². The van der Waals surface area contributed by atoms with E-state index in [4.69, 9.17) is 0 Å². The highest BCUT2D eigenvalue weighted by atomic mass is 32.1. The van der Waals surface area contributed by atoms with Crippen molar-refractivity contribution in [3.63, 3.8) is 0 Å². The summed E-state index contributed by atoms with van der Waals surface area (Å²) >= 11 is 1.62. The average Bonchev–Trinajstić information content (AvgIpc) is 3.07. The number of thiazole rings is 1.